The van der Waals surface area contributed by atoms with Crippen LogP contribution in [-0.4, -0.2) is 62.8 Å². The van der Waals surface area contributed by atoms with Gasteiger partial charge in [0.2, 0.25) is 0 Å². The highest BCUT2D eigenvalue weighted by Crippen LogP contribution is 2.23. The fourth-order valence-electron chi connectivity index (χ4n) is 2.76. The number of carbonyl (C=O) groups is 2. The van der Waals surface area contributed by atoms with Gasteiger partial charge >= 0.3 is 11.9 Å². The van der Waals surface area contributed by atoms with Crippen LogP contribution in [0, 0.1) is 0 Å². The predicted molar refractivity (Wildman–Crippen MR) is 92.4 cm³/mol. The Kier molecular flexibility index (Phi) is 7.69. The first-order chi connectivity index (χ1) is 12.2. The van der Waals surface area contributed by atoms with Crippen LogP contribution in [0.1, 0.15) is 25.5 Å². The molecule has 0 aliphatic carbocycles. The van der Waals surface area contributed by atoms with E-state index in [1.165, 1.54) is 0 Å². The van der Waals surface area contributed by atoms with Crippen molar-refractivity contribution < 1.29 is 23.8 Å². The minimum atomic E-state index is -0.852. The van der Waals surface area contributed by atoms with Crippen molar-refractivity contribution in [1.29, 1.82) is 0 Å². The molecule has 0 bridgehead atoms. The fourth-order valence-corrected chi connectivity index (χ4v) is 2.76. The van der Waals surface area contributed by atoms with Gasteiger partial charge < -0.3 is 19.5 Å². The van der Waals surface area contributed by atoms with Crippen LogP contribution in [0.5, 0.6) is 5.75 Å². The molecule has 7 heteroatoms. The molecule has 0 spiro atoms. The van der Waals surface area contributed by atoms with Gasteiger partial charge in [0.1, 0.15) is 5.75 Å². The largest absolute Gasteiger partial charge is 0.494 e. The third kappa shape index (κ3) is 5.72. The molecule has 1 saturated heterocycles. The monoisotopic (exact) mass is 350 g/mol. The van der Waals surface area contributed by atoms with Gasteiger partial charge in [0.15, 0.2) is 0 Å². The second-order valence-electron chi connectivity index (χ2n) is 5.60. The van der Waals surface area contributed by atoms with Gasteiger partial charge in [0.25, 0.3) is 0 Å². The minimum absolute atomic E-state index is 0.0436. The van der Waals surface area contributed by atoms with Crippen molar-refractivity contribution in [3.05, 3.63) is 29.8 Å². The Labute approximate surface area is 148 Å². The summed E-state index contributed by atoms with van der Waals surface area (Å²) in [5.74, 6) is -0.761. The average molecular weight is 350 g/mol. The SMILES string of the molecule is CCOC(=O)C(=O)NCC(c1ccc(OCC)cc1)N1CCOCC1. The maximum absolute atomic E-state index is 11.8. The summed E-state index contributed by atoms with van der Waals surface area (Å²) in [5.41, 5.74) is 1.05. The molecule has 1 aromatic rings. The first-order valence-corrected chi connectivity index (χ1v) is 8.65. The molecule has 25 heavy (non-hydrogen) atoms. The molecule has 1 amide bonds. The van der Waals surface area contributed by atoms with Crippen molar-refractivity contribution in [2.75, 3.05) is 46.1 Å². The molecular weight excluding hydrogens is 324 g/mol. The van der Waals surface area contributed by atoms with E-state index in [2.05, 4.69) is 10.2 Å². The van der Waals surface area contributed by atoms with E-state index >= 15 is 0 Å². The first-order valence-electron chi connectivity index (χ1n) is 8.65. The molecule has 1 fully saturated rings. The maximum atomic E-state index is 11.8. The minimum Gasteiger partial charge on any atom is -0.494 e. The molecule has 1 atom stereocenters. The number of amides is 1. The summed E-state index contributed by atoms with van der Waals surface area (Å²) in [6.07, 6.45) is 0. The highest BCUT2D eigenvalue weighted by Gasteiger charge is 2.24. The van der Waals surface area contributed by atoms with E-state index in [-0.39, 0.29) is 12.6 Å². The molecule has 0 saturated carbocycles. The smallest absolute Gasteiger partial charge is 0.396 e. The van der Waals surface area contributed by atoms with Crippen molar-refractivity contribution in [2.45, 2.75) is 19.9 Å². The molecule has 0 radical (unpaired) electrons. The third-order valence-corrected chi connectivity index (χ3v) is 3.98. The maximum Gasteiger partial charge on any atom is 0.396 e. The van der Waals surface area contributed by atoms with E-state index in [9.17, 15) is 9.59 Å². The quantitative estimate of drug-likeness (QED) is 0.587. The van der Waals surface area contributed by atoms with Crippen LogP contribution in [-0.2, 0) is 19.1 Å². The molecule has 1 unspecified atom stereocenters. The molecule has 1 aliphatic heterocycles. The van der Waals surface area contributed by atoms with Gasteiger partial charge in [-0.2, -0.15) is 0 Å². The zero-order valence-corrected chi connectivity index (χ0v) is 14.8. The Hall–Kier alpha value is -2.12. The zero-order valence-electron chi connectivity index (χ0n) is 14.8. The molecule has 0 aromatic heterocycles. The van der Waals surface area contributed by atoms with Crippen LogP contribution >= 0.6 is 0 Å². The third-order valence-electron chi connectivity index (χ3n) is 3.98. The predicted octanol–water partition coefficient (Wildman–Crippen LogP) is 1.14. The van der Waals surface area contributed by atoms with Crippen LogP contribution in [0.15, 0.2) is 24.3 Å². The van der Waals surface area contributed by atoms with E-state index in [4.69, 9.17) is 14.2 Å². The van der Waals surface area contributed by atoms with Crippen molar-refractivity contribution in [3.8, 4) is 5.75 Å². The summed E-state index contributed by atoms with van der Waals surface area (Å²) in [4.78, 5) is 25.6. The highest BCUT2D eigenvalue weighted by molar-refractivity contribution is 6.32. The van der Waals surface area contributed by atoms with Gasteiger partial charge in [-0.1, -0.05) is 12.1 Å². The lowest BCUT2D eigenvalue weighted by Gasteiger charge is -2.34. The Morgan fingerprint density at radius 3 is 2.44 bits per heavy atom. The van der Waals surface area contributed by atoms with Crippen molar-refractivity contribution in [2.24, 2.45) is 0 Å². The van der Waals surface area contributed by atoms with Gasteiger partial charge in [0, 0.05) is 19.6 Å². The van der Waals surface area contributed by atoms with Crippen LogP contribution in [0.4, 0.5) is 0 Å². The van der Waals surface area contributed by atoms with E-state index in [1.807, 2.05) is 31.2 Å². The van der Waals surface area contributed by atoms with Crippen LogP contribution in [0.3, 0.4) is 0 Å². The summed E-state index contributed by atoms with van der Waals surface area (Å²) >= 11 is 0. The standard InChI is InChI=1S/C18H26N2O5/c1-3-24-15-7-5-14(6-8-15)16(20-9-11-23-12-10-20)13-19-17(21)18(22)25-4-2/h5-8,16H,3-4,9-13H2,1-2H3,(H,19,21). The molecule has 1 aliphatic rings. The number of carbonyl (C=O) groups excluding carboxylic acids is 2. The molecule has 7 nitrogen and oxygen atoms in total. The molecule has 1 N–H and O–H groups in total. The van der Waals surface area contributed by atoms with Gasteiger partial charge in [-0.15, -0.1) is 0 Å². The number of hydrogen-bond donors (Lipinski definition) is 1. The van der Waals surface area contributed by atoms with Crippen LogP contribution < -0.4 is 10.1 Å². The Bertz CT molecular complexity index is 555. The molecule has 1 heterocycles. The molecular formula is C18H26N2O5. The lowest BCUT2D eigenvalue weighted by molar-refractivity contribution is -0.154. The normalized spacial score (nSPS) is 16.1. The van der Waals surface area contributed by atoms with Gasteiger partial charge in [-0.05, 0) is 31.5 Å². The van der Waals surface area contributed by atoms with E-state index in [0.29, 0.717) is 26.4 Å². The number of rotatable bonds is 7. The molecule has 2 rings (SSSR count). The number of morpholine rings is 1. The van der Waals surface area contributed by atoms with Crippen molar-refractivity contribution in [1.82, 2.24) is 10.2 Å². The topological polar surface area (TPSA) is 77.1 Å². The van der Waals surface area contributed by atoms with E-state index in [1.54, 1.807) is 6.92 Å². The second-order valence-corrected chi connectivity index (χ2v) is 5.60. The lowest BCUT2D eigenvalue weighted by atomic mass is 10.0. The van der Waals surface area contributed by atoms with Crippen LogP contribution in [0.2, 0.25) is 0 Å². The van der Waals surface area contributed by atoms with E-state index in [0.717, 1.165) is 24.4 Å². The Balaban J connectivity index is 2.07. The number of hydrogen-bond acceptors (Lipinski definition) is 6. The van der Waals surface area contributed by atoms with Crippen LogP contribution in [0.25, 0.3) is 0 Å². The summed E-state index contributed by atoms with van der Waals surface area (Å²) in [6, 6.07) is 7.76. The zero-order chi connectivity index (χ0) is 18.1. The lowest BCUT2D eigenvalue weighted by Crippen LogP contribution is -2.45. The number of nitrogens with one attached hydrogen (secondary N) is 1. The number of esters is 1. The second kappa shape index (κ2) is 10.0. The first kappa shape index (κ1) is 19.2. The molecule has 1 aromatic carbocycles. The number of benzene rings is 1. The Morgan fingerprint density at radius 2 is 1.84 bits per heavy atom. The summed E-state index contributed by atoms with van der Waals surface area (Å²) < 4.78 is 15.6. The summed E-state index contributed by atoms with van der Waals surface area (Å²) in [6.45, 7) is 7.57. The van der Waals surface area contributed by atoms with Crippen molar-refractivity contribution in [3.63, 3.8) is 0 Å². The van der Waals surface area contributed by atoms with Gasteiger partial charge in [-0.3, -0.25) is 9.69 Å². The van der Waals surface area contributed by atoms with Crippen molar-refractivity contribution >= 4 is 11.9 Å². The van der Waals surface area contributed by atoms with Gasteiger partial charge in [-0.25, -0.2) is 4.79 Å². The average Bonchev–Trinajstić information content (AvgIpc) is 2.64. The van der Waals surface area contributed by atoms with Gasteiger partial charge in [0.05, 0.1) is 32.5 Å². The number of ether oxygens (including phenoxy) is 3. The van der Waals surface area contributed by atoms with E-state index < -0.39 is 11.9 Å². The summed E-state index contributed by atoms with van der Waals surface area (Å²) in [7, 11) is 0. The highest BCUT2D eigenvalue weighted by atomic mass is 16.5. The fraction of sp³-hybridized carbons (Fsp3) is 0.556. The Morgan fingerprint density at radius 1 is 1.16 bits per heavy atom. The molecule has 138 valence electrons. The summed E-state index contributed by atoms with van der Waals surface area (Å²) in [5, 5.41) is 2.68. The number of nitrogens with zero attached hydrogens (tertiary/aromatic N) is 1.